The van der Waals surface area contributed by atoms with Crippen LogP contribution in [0.15, 0.2) is 24.3 Å². The number of nitrogens with one attached hydrogen (secondary N) is 1. The molecule has 116 valence electrons. The fraction of sp³-hybridized carbons (Fsp3) is 0.562. The highest BCUT2D eigenvalue weighted by molar-refractivity contribution is 5.79. The molecule has 0 radical (unpaired) electrons. The van der Waals surface area contributed by atoms with E-state index in [4.69, 9.17) is 9.47 Å². The molecule has 1 aromatic rings. The van der Waals surface area contributed by atoms with Gasteiger partial charge in [-0.05, 0) is 31.7 Å². The number of carbonyl (C=O) groups excluding carboxylic acids is 1. The van der Waals surface area contributed by atoms with Crippen molar-refractivity contribution >= 4 is 5.91 Å². The zero-order valence-corrected chi connectivity index (χ0v) is 13.0. The van der Waals surface area contributed by atoms with Gasteiger partial charge in [0.05, 0.1) is 25.7 Å². The van der Waals surface area contributed by atoms with Gasteiger partial charge in [0.15, 0.2) is 0 Å². The molecule has 0 spiro atoms. The highest BCUT2D eigenvalue weighted by Gasteiger charge is 2.34. The van der Waals surface area contributed by atoms with Crippen LogP contribution in [0, 0.1) is 5.92 Å². The summed E-state index contributed by atoms with van der Waals surface area (Å²) in [6.45, 7) is 4.31. The van der Waals surface area contributed by atoms with Gasteiger partial charge in [0.25, 0.3) is 0 Å². The molecule has 21 heavy (non-hydrogen) atoms. The fourth-order valence-corrected chi connectivity index (χ4v) is 2.57. The van der Waals surface area contributed by atoms with E-state index in [2.05, 4.69) is 5.32 Å². The quantitative estimate of drug-likeness (QED) is 0.858. The summed E-state index contributed by atoms with van der Waals surface area (Å²) in [5, 5.41) is 3.15. The van der Waals surface area contributed by atoms with Crippen molar-refractivity contribution in [3.05, 3.63) is 29.8 Å². The molecule has 1 aliphatic rings. The van der Waals surface area contributed by atoms with Crippen molar-refractivity contribution in [1.82, 2.24) is 10.2 Å². The zero-order chi connectivity index (χ0) is 15.2. The first-order valence-electron chi connectivity index (χ1n) is 7.37. The second-order valence-electron chi connectivity index (χ2n) is 5.31. The smallest absolute Gasteiger partial charge is 0.229 e. The molecule has 1 aromatic carbocycles. The maximum Gasteiger partial charge on any atom is 0.229 e. The summed E-state index contributed by atoms with van der Waals surface area (Å²) in [7, 11) is 3.70. The molecule has 5 heteroatoms. The molecule has 2 atom stereocenters. The summed E-state index contributed by atoms with van der Waals surface area (Å²) in [4.78, 5) is 14.2. The van der Waals surface area contributed by atoms with Crippen LogP contribution in [0.4, 0.5) is 0 Å². The molecule has 0 bridgehead atoms. The van der Waals surface area contributed by atoms with Gasteiger partial charge in [-0.15, -0.1) is 0 Å². The minimum Gasteiger partial charge on any atom is -0.494 e. The third kappa shape index (κ3) is 3.95. The predicted molar refractivity (Wildman–Crippen MR) is 81.2 cm³/mol. The van der Waals surface area contributed by atoms with Crippen LogP contribution in [0.25, 0.3) is 0 Å². The first kappa shape index (κ1) is 15.8. The summed E-state index contributed by atoms with van der Waals surface area (Å²) in [5.74, 6) is 0.887. The molecular weight excluding hydrogens is 268 g/mol. The van der Waals surface area contributed by atoms with Crippen LogP contribution in [0.1, 0.15) is 12.5 Å². The summed E-state index contributed by atoms with van der Waals surface area (Å²) in [6, 6.07) is 7.98. The van der Waals surface area contributed by atoms with E-state index in [0.29, 0.717) is 26.4 Å². The number of ether oxygens (including phenoxy) is 2. The lowest BCUT2D eigenvalue weighted by Gasteiger charge is -2.23. The summed E-state index contributed by atoms with van der Waals surface area (Å²) >= 11 is 0. The largest absolute Gasteiger partial charge is 0.494 e. The van der Waals surface area contributed by atoms with Crippen LogP contribution in [-0.4, -0.2) is 50.8 Å². The normalized spacial score (nSPS) is 21.3. The van der Waals surface area contributed by atoms with E-state index >= 15 is 0 Å². The Morgan fingerprint density at radius 1 is 1.38 bits per heavy atom. The zero-order valence-electron chi connectivity index (χ0n) is 13.0. The average Bonchev–Trinajstić information content (AvgIpc) is 2.97. The molecule has 0 aliphatic carbocycles. The van der Waals surface area contributed by atoms with Gasteiger partial charge in [-0.2, -0.15) is 0 Å². The number of benzene rings is 1. The first-order chi connectivity index (χ1) is 10.2. The minimum absolute atomic E-state index is 0.0947. The third-order valence-corrected chi connectivity index (χ3v) is 3.80. The summed E-state index contributed by atoms with van der Waals surface area (Å²) in [5.41, 5.74) is 1.09. The van der Waals surface area contributed by atoms with Gasteiger partial charge in [-0.3, -0.25) is 4.79 Å². The molecular formula is C16H24N2O3. The van der Waals surface area contributed by atoms with Gasteiger partial charge in [0, 0.05) is 19.6 Å². The van der Waals surface area contributed by atoms with Crippen LogP contribution in [0.3, 0.4) is 0 Å². The Kier molecular flexibility index (Phi) is 5.59. The lowest BCUT2D eigenvalue weighted by molar-refractivity contribution is -0.135. The van der Waals surface area contributed by atoms with Crippen molar-refractivity contribution < 1.29 is 14.3 Å². The van der Waals surface area contributed by atoms with Crippen LogP contribution in [-0.2, 0) is 16.1 Å². The van der Waals surface area contributed by atoms with Gasteiger partial charge < -0.3 is 19.7 Å². The Morgan fingerprint density at radius 2 is 2.10 bits per heavy atom. The topological polar surface area (TPSA) is 50.8 Å². The number of hydrogen-bond acceptors (Lipinski definition) is 4. The Hall–Kier alpha value is -1.59. The second kappa shape index (κ2) is 7.43. The maximum absolute atomic E-state index is 12.5. The van der Waals surface area contributed by atoms with E-state index in [1.807, 2.05) is 45.3 Å². The Labute approximate surface area is 126 Å². The molecule has 0 aromatic heterocycles. The number of hydrogen-bond donors (Lipinski definition) is 1. The van der Waals surface area contributed by atoms with E-state index in [9.17, 15) is 4.79 Å². The number of nitrogens with zero attached hydrogens (tertiary/aromatic N) is 1. The lowest BCUT2D eigenvalue weighted by atomic mass is 10.0. The second-order valence-corrected chi connectivity index (χ2v) is 5.31. The van der Waals surface area contributed by atoms with Crippen LogP contribution < -0.4 is 10.1 Å². The van der Waals surface area contributed by atoms with Crippen LogP contribution in [0.2, 0.25) is 0 Å². The van der Waals surface area contributed by atoms with Crippen molar-refractivity contribution in [3.63, 3.8) is 0 Å². The number of amides is 1. The minimum atomic E-state index is -0.0947. The van der Waals surface area contributed by atoms with Crippen molar-refractivity contribution in [3.8, 4) is 5.75 Å². The van der Waals surface area contributed by atoms with Gasteiger partial charge in [-0.25, -0.2) is 0 Å². The number of likely N-dealkylation sites (N-methyl/N-ethyl adjacent to an activating group) is 1. The van der Waals surface area contributed by atoms with E-state index in [1.54, 1.807) is 4.90 Å². The van der Waals surface area contributed by atoms with Crippen molar-refractivity contribution in [2.75, 3.05) is 33.9 Å². The molecule has 1 saturated heterocycles. The summed E-state index contributed by atoms with van der Waals surface area (Å²) < 4.78 is 10.8. The highest BCUT2D eigenvalue weighted by Crippen LogP contribution is 2.18. The van der Waals surface area contributed by atoms with Crippen molar-refractivity contribution in [2.45, 2.75) is 19.5 Å². The van der Waals surface area contributed by atoms with Gasteiger partial charge in [-0.1, -0.05) is 12.1 Å². The molecule has 0 saturated carbocycles. The molecule has 1 amide bonds. The van der Waals surface area contributed by atoms with Gasteiger partial charge >= 0.3 is 0 Å². The maximum atomic E-state index is 12.5. The Bertz CT molecular complexity index is 461. The highest BCUT2D eigenvalue weighted by atomic mass is 16.5. The van der Waals surface area contributed by atoms with Crippen LogP contribution in [0.5, 0.6) is 5.75 Å². The first-order valence-corrected chi connectivity index (χ1v) is 7.37. The third-order valence-electron chi connectivity index (χ3n) is 3.80. The predicted octanol–water partition coefficient (Wildman–Crippen LogP) is 1.28. The lowest BCUT2D eigenvalue weighted by Crippen LogP contribution is -2.43. The summed E-state index contributed by atoms with van der Waals surface area (Å²) in [6.07, 6.45) is 0. The molecule has 1 fully saturated rings. The standard InChI is InChI=1S/C16H24N2O3/c1-4-21-13-7-5-12(6-8-13)9-18(3)16(19)14-10-20-11-15(14)17-2/h5-8,14-15,17H,4,9-11H2,1-3H3. The number of carbonyl (C=O) groups is 1. The van der Waals surface area contributed by atoms with E-state index in [1.165, 1.54) is 0 Å². The Morgan fingerprint density at radius 3 is 2.71 bits per heavy atom. The van der Waals surface area contributed by atoms with Gasteiger partial charge in [0.1, 0.15) is 5.75 Å². The molecule has 1 aliphatic heterocycles. The van der Waals surface area contributed by atoms with E-state index < -0.39 is 0 Å². The average molecular weight is 292 g/mol. The SMILES string of the molecule is CCOc1ccc(CN(C)C(=O)C2COCC2NC)cc1. The number of rotatable bonds is 6. The van der Waals surface area contributed by atoms with Crippen LogP contribution >= 0.6 is 0 Å². The molecule has 2 rings (SSSR count). The monoisotopic (exact) mass is 292 g/mol. The Balaban J connectivity index is 1.93. The fourth-order valence-electron chi connectivity index (χ4n) is 2.57. The van der Waals surface area contributed by atoms with E-state index in [-0.39, 0.29) is 17.9 Å². The van der Waals surface area contributed by atoms with Crippen molar-refractivity contribution in [2.24, 2.45) is 5.92 Å². The molecule has 1 N–H and O–H groups in total. The molecule has 2 unspecified atom stereocenters. The van der Waals surface area contributed by atoms with Gasteiger partial charge in [0.2, 0.25) is 5.91 Å². The van der Waals surface area contributed by atoms with E-state index in [0.717, 1.165) is 11.3 Å². The van der Waals surface area contributed by atoms with Crippen molar-refractivity contribution in [1.29, 1.82) is 0 Å². The molecule has 5 nitrogen and oxygen atoms in total. The molecule has 1 heterocycles.